The first-order chi connectivity index (χ1) is 12.2. The fourth-order valence-corrected chi connectivity index (χ4v) is 4.27. The summed E-state index contributed by atoms with van der Waals surface area (Å²) in [5.74, 6) is -1.24. The van der Waals surface area contributed by atoms with E-state index in [0.717, 1.165) is 9.75 Å². The average molecular weight is 392 g/mol. The molecule has 0 fully saturated rings. The zero-order valence-electron chi connectivity index (χ0n) is 14.1. The van der Waals surface area contributed by atoms with Gasteiger partial charge in [-0.15, -0.1) is 11.3 Å². The van der Waals surface area contributed by atoms with Gasteiger partial charge in [0.05, 0.1) is 10.5 Å². The summed E-state index contributed by atoms with van der Waals surface area (Å²) in [6.07, 6.45) is 0. The van der Waals surface area contributed by atoms with E-state index < -0.39 is 29.1 Å². The molecule has 26 heavy (non-hydrogen) atoms. The Morgan fingerprint density at radius 3 is 2.58 bits per heavy atom. The second-order valence-corrected chi connectivity index (χ2v) is 8.54. The van der Waals surface area contributed by atoms with Crippen LogP contribution in [0.2, 0.25) is 0 Å². The molecule has 0 spiro atoms. The van der Waals surface area contributed by atoms with Crippen molar-refractivity contribution in [3.63, 3.8) is 0 Å². The Morgan fingerprint density at radius 1 is 1.27 bits per heavy atom. The highest BCUT2D eigenvalue weighted by Crippen LogP contribution is 2.21. The second-order valence-electron chi connectivity index (χ2n) is 5.34. The summed E-state index contributed by atoms with van der Waals surface area (Å²) in [4.78, 5) is 25.4. The molecule has 0 atom stereocenters. The van der Waals surface area contributed by atoms with Crippen molar-refractivity contribution in [2.75, 3.05) is 13.2 Å². The number of ketones is 1. The zero-order valence-corrected chi connectivity index (χ0v) is 15.7. The molecule has 7 nitrogen and oxygen atoms in total. The van der Waals surface area contributed by atoms with E-state index in [9.17, 15) is 18.0 Å². The summed E-state index contributed by atoms with van der Waals surface area (Å²) >= 11 is 1.47. The first-order valence-corrected chi connectivity index (χ1v) is 9.79. The molecule has 0 radical (unpaired) electrons. The molecule has 0 bridgehead atoms. The number of esters is 1. The number of ether oxygens (including phenoxy) is 1. The quantitative estimate of drug-likeness (QED) is 0.569. The number of rotatable bonds is 7. The summed E-state index contributed by atoms with van der Waals surface area (Å²) < 4.78 is 31.3. The number of nitrogens with one attached hydrogen (secondary N) is 1. The van der Waals surface area contributed by atoms with Gasteiger partial charge in [-0.25, -0.2) is 8.42 Å². The van der Waals surface area contributed by atoms with E-state index in [1.807, 2.05) is 6.92 Å². The van der Waals surface area contributed by atoms with Crippen LogP contribution in [0, 0.1) is 25.2 Å². The number of benzene rings is 1. The Bertz CT molecular complexity index is 987. The number of Topliss-reactive ketones (excluding diaryl/α,β-unsaturated/α-hetero) is 1. The van der Waals surface area contributed by atoms with Crippen LogP contribution in [0.25, 0.3) is 0 Å². The summed E-state index contributed by atoms with van der Waals surface area (Å²) in [5.41, 5.74) is 0.454. The highest BCUT2D eigenvalue weighted by molar-refractivity contribution is 7.89. The Kier molecular flexibility index (Phi) is 6.26. The molecule has 1 aromatic carbocycles. The van der Waals surface area contributed by atoms with E-state index in [1.54, 1.807) is 19.1 Å². The molecular formula is C17H16N2O5S2. The zero-order chi connectivity index (χ0) is 19.3. The van der Waals surface area contributed by atoms with Crippen LogP contribution in [0.15, 0.2) is 35.2 Å². The Balaban J connectivity index is 1.93. The highest BCUT2D eigenvalue weighted by atomic mass is 32.2. The molecule has 1 N–H and O–H groups in total. The Hall–Kier alpha value is -2.54. The first kappa shape index (κ1) is 19.8. The van der Waals surface area contributed by atoms with Crippen molar-refractivity contribution in [1.29, 1.82) is 5.26 Å². The van der Waals surface area contributed by atoms with Gasteiger partial charge >= 0.3 is 5.97 Å². The predicted octanol–water partition coefficient (Wildman–Crippen LogP) is 1.94. The van der Waals surface area contributed by atoms with Crippen molar-refractivity contribution < 1.29 is 22.7 Å². The van der Waals surface area contributed by atoms with Gasteiger partial charge in [0.25, 0.3) is 0 Å². The molecule has 0 aliphatic rings. The summed E-state index contributed by atoms with van der Waals surface area (Å²) in [6, 6.07) is 9.12. The molecule has 1 heterocycles. The van der Waals surface area contributed by atoms with Crippen LogP contribution < -0.4 is 4.72 Å². The fourth-order valence-electron chi connectivity index (χ4n) is 2.21. The van der Waals surface area contributed by atoms with Crippen molar-refractivity contribution in [2.24, 2.45) is 0 Å². The molecular weight excluding hydrogens is 376 g/mol. The number of sulfonamides is 1. The van der Waals surface area contributed by atoms with Crippen LogP contribution in [0.4, 0.5) is 0 Å². The average Bonchev–Trinajstić information content (AvgIpc) is 2.96. The van der Waals surface area contributed by atoms with Crippen molar-refractivity contribution in [2.45, 2.75) is 18.7 Å². The van der Waals surface area contributed by atoms with E-state index in [-0.39, 0.29) is 16.2 Å². The first-order valence-electron chi connectivity index (χ1n) is 7.49. The van der Waals surface area contributed by atoms with E-state index >= 15 is 0 Å². The standard InChI is InChI=1S/C17H16N2O5S2/c1-11-7-14(12(2)25-11)15(20)10-24-17(21)9-19-26(22,23)16-6-4-3-5-13(16)8-18/h3-7,19H,9-10H2,1-2H3. The van der Waals surface area contributed by atoms with Crippen molar-refractivity contribution in [1.82, 2.24) is 4.72 Å². The van der Waals surface area contributed by atoms with E-state index in [1.165, 1.54) is 35.6 Å². The van der Waals surface area contributed by atoms with Crippen molar-refractivity contribution in [3.8, 4) is 6.07 Å². The van der Waals surface area contributed by atoms with Gasteiger partial charge in [0.1, 0.15) is 12.6 Å². The van der Waals surface area contributed by atoms with Gasteiger partial charge in [0.2, 0.25) is 15.8 Å². The van der Waals surface area contributed by atoms with Gasteiger partial charge in [-0.05, 0) is 32.0 Å². The smallest absolute Gasteiger partial charge is 0.321 e. The third-order valence-electron chi connectivity index (χ3n) is 3.41. The van der Waals surface area contributed by atoms with E-state index in [4.69, 9.17) is 10.00 Å². The largest absolute Gasteiger partial charge is 0.456 e. The number of aryl methyl sites for hydroxylation is 2. The fraction of sp³-hybridized carbons (Fsp3) is 0.235. The maximum atomic E-state index is 12.2. The van der Waals surface area contributed by atoms with Gasteiger partial charge in [-0.1, -0.05) is 12.1 Å². The third kappa shape index (κ3) is 4.76. The minimum Gasteiger partial charge on any atom is -0.456 e. The van der Waals surface area contributed by atoms with Crippen LogP contribution in [-0.4, -0.2) is 33.3 Å². The topological polar surface area (TPSA) is 113 Å². The molecule has 2 aromatic rings. The van der Waals surface area contributed by atoms with Crippen LogP contribution >= 0.6 is 11.3 Å². The lowest BCUT2D eigenvalue weighted by atomic mass is 10.2. The molecule has 2 rings (SSSR count). The Labute approximate surface area is 155 Å². The molecule has 0 amide bonds. The Morgan fingerprint density at radius 2 is 1.96 bits per heavy atom. The van der Waals surface area contributed by atoms with Crippen LogP contribution in [-0.2, 0) is 19.6 Å². The van der Waals surface area contributed by atoms with E-state index in [2.05, 4.69) is 4.72 Å². The lowest BCUT2D eigenvalue weighted by molar-refractivity contribution is -0.141. The molecule has 9 heteroatoms. The minimum absolute atomic E-state index is 0.0353. The van der Waals surface area contributed by atoms with Gasteiger partial charge in [0.15, 0.2) is 6.61 Å². The normalized spacial score (nSPS) is 11.0. The maximum Gasteiger partial charge on any atom is 0.321 e. The number of carbonyl (C=O) groups excluding carboxylic acids is 2. The predicted molar refractivity (Wildman–Crippen MR) is 95.4 cm³/mol. The second kappa shape index (κ2) is 8.23. The number of hydrogen-bond donors (Lipinski definition) is 1. The maximum absolute atomic E-state index is 12.2. The number of thiophene rings is 1. The summed E-state index contributed by atoms with van der Waals surface area (Å²) in [6.45, 7) is 2.56. The van der Waals surface area contributed by atoms with Crippen LogP contribution in [0.5, 0.6) is 0 Å². The lowest BCUT2D eigenvalue weighted by Crippen LogP contribution is -2.32. The number of nitriles is 1. The molecule has 0 aliphatic heterocycles. The van der Waals surface area contributed by atoms with Crippen molar-refractivity contribution >= 4 is 33.1 Å². The van der Waals surface area contributed by atoms with Gasteiger partial charge < -0.3 is 4.74 Å². The molecule has 0 saturated carbocycles. The number of nitrogens with zero attached hydrogens (tertiary/aromatic N) is 1. The van der Waals surface area contributed by atoms with Gasteiger partial charge in [0, 0.05) is 15.3 Å². The SMILES string of the molecule is Cc1cc(C(=O)COC(=O)CNS(=O)(=O)c2ccccc2C#N)c(C)s1. The molecule has 0 unspecified atom stereocenters. The number of hydrogen-bond acceptors (Lipinski definition) is 7. The third-order valence-corrected chi connectivity index (χ3v) is 5.83. The van der Waals surface area contributed by atoms with Gasteiger partial charge in [-0.2, -0.15) is 9.98 Å². The lowest BCUT2D eigenvalue weighted by Gasteiger charge is -2.08. The number of carbonyl (C=O) groups is 2. The van der Waals surface area contributed by atoms with Crippen LogP contribution in [0.1, 0.15) is 25.7 Å². The molecule has 1 aromatic heterocycles. The monoisotopic (exact) mass is 392 g/mol. The van der Waals surface area contributed by atoms with Gasteiger partial charge in [-0.3, -0.25) is 9.59 Å². The molecule has 136 valence electrons. The molecule has 0 saturated heterocycles. The molecule has 0 aliphatic carbocycles. The highest BCUT2D eigenvalue weighted by Gasteiger charge is 2.20. The van der Waals surface area contributed by atoms with Crippen LogP contribution in [0.3, 0.4) is 0 Å². The summed E-state index contributed by atoms with van der Waals surface area (Å²) in [5, 5.41) is 8.97. The van der Waals surface area contributed by atoms with E-state index in [0.29, 0.717) is 5.56 Å². The van der Waals surface area contributed by atoms with Crippen molar-refractivity contribution in [3.05, 3.63) is 51.2 Å². The summed E-state index contributed by atoms with van der Waals surface area (Å²) in [7, 11) is -4.05. The minimum atomic E-state index is -4.05.